The van der Waals surface area contributed by atoms with E-state index in [-0.39, 0.29) is 11.3 Å². The number of nitrogens with zero attached hydrogens (tertiary/aromatic N) is 1. The van der Waals surface area contributed by atoms with Gasteiger partial charge in [-0.1, -0.05) is 27.2 Å². The Labute approximate surface area is 99.4 Å². The monoisotopic (exact) mass is 226 g/mol. The third kappa shape index (κ3) is 2.97. The van der Waals surface area contributed by atoms with Crippen LogP contribution in [-0.2, 0) is 4.79 Å². The zero-order valence-corrected chi connectivity index (χ0v) is 11.1. The van der Waals surface area contributed by atoms with Gasteiger partial charge in [0.1, 0.15) is 0 Å². The van der Waals surface area contributed by atoms with E-state index < -0.39 is 0 Å². The fraction of sp³-hybridized carbons (Fsp3) is 0.923. The Kier molecular flexibility index (Phi) is 4.36. The van der Waals surface area contributed by atoms with Crippen LogP contribution in [0.25, 0.3) is 0 Å². The van der Waals surface area contributed by atoms with Crippen LogP contribution >= 0.6 is 0 Å². The smallest absolute Gasteiger partial charge is 0.225 e. The van der Waals surface area contributed by atoms with Crippen LogP contribution in [0.2, 0.25) is 0 Å². The van der Waals surface area contributed by atoms with Gasteiger partial charge in [-0.2, -0.15) is 0 Å². The van der Waals surface area contributed by atoms with Crippen molar-refractivity contribution in [3.8, 4) is 0 Å². The second kappa shape index (κ2) is 5.17. The average molecular weight is 226 g/mol. The van der Waals surface area contributed by atoms with E-state index >= 15 is 0 Å². The maximum absolute atomic E-state index is 12.3. The van der Waals surface area contributed by atoms with Crippen LogP contribution < -0.4 is 5.73 Å². The van der Waals surface area contributed by atoms with E-state index in [0.29, 0.717) is 18.4 Å². The molecule has 1 saturated carbocycles. The van der Waals surface area contributed by atoms with Crippen molar-refractivity contribution >= 4 is 5.91 Å². The summed E-state index contributed by atoms with van der Waals surface area (Å²) in [6.45, 7) is 7.93. The number of hydrogen-bond acceptors (Lipinski definition) is 2. The highest BCUT2D eigenvalue weighted by Crippen LogP contribution is 2.43. The zero-order valence-electron chi connectivity index (χ0n) is 11.1. The molecule has 2 unspecified atom stereocenters. The van der Waals surface area contributed by atoms with Gasteiger partial charge in [-0.25, -0.2) is 0 Å². The molecule has 1 aliphatic carbocycles. The normalized spacial score (nSPS) is 25.4. The highest BCUT2D eigenvalue weighted by atomic mass is 16.2. The van der Waals surface area contributed by atoms with Crippen molar-refractivity contribution in [1.82, 2.24) is 4.90 Å². The minimum Gasteiger partial charge on any atom is -0.345 e. The molecule has 0 heterocycles. The van der Waals surface area contributed by atoms with E-state index in [1.165, 1.54) is 12.8 Å². The number of rotatable bonds is 4. The highest BCUT2D eigenvalue weighted by Gasteiger charge is 2.40. The topological polar surface area (TPSA) is 46.3 Å². The van der Waals surface area contributed by atoms with E-state index in [0.717, 1.165) is 13.0 Å². The van der Waals surface area contributed by atoms with E-state index in [1.807, 2.05) is 11.9 Å². The lowest BCUT2D eigenvalue weighted by Gasteiger charge is -2.31. The van der Waals surface area contributed by atoms with Crippen molar-refractivity contribution < 1.29 is 4.79 Å². The number of nitrogens with two attached hydrogens (primary N) is 1. The predicted molar refractivity (Wildman–Crippen MR) is 67.0 cm³/mol. The van der Waals surface area contributed by atoms with Crippen molar-refractivity contribution in [2.75, 3.05) is 20.1 Å². The van der Waals surface area contributed by atoms with Crippen molar-refractivity contribution in [1.29, 1.82) is 0 Å². The standard InChI is InChI=1S/C13H26N2O/c1-10(8-14)9-15(4)12(16)11-6-5-7-13(11,2)3/h10-11H,5-9,14H2,1-4H3. The summed E-state index contributed by atoms with van der Waals surface area (Å²) in [6, 6.07) is 0. The van der Waals surface area contributed by atoms with E-state index in [1.54, 1.807) is 0 Å². The number of carbonyl (C=O) groups is 1. The maximum Gasteiger partial charge on any atom is 0.225 e. The molecule has 0 aromatic carbocycles. The molecule has 3 heteroatoms. The van der Waals surface area contributed by atoms with Gasteiger partial charge in [0.25, 0.3) is 0 Å². The number of hydrogen-bond donors (Lipinski definition) is 1. The van der Waals surface area contributed by atoms with Crippen LogP contribution in [0.4, 0.5) is 0 Å². The first kappa shape index (κ1) is 13.5. The van der Waals surface area contributed by atoms with Crippen LogP contribution in [-0.4, -0.2) is 30.9 Å². The first-order chi connectivity index (χ1) is 7.38. The zero-order chi connectivity index (χ0) is 12.3. The average Bonchev–Trinajstić information content (AvgIpc) is 2.56. The molecule has 2 atom stereocenters. The Morgan fingerprint density at radius 3 is 2.62 bits per heavy atom. The first-order valence-corrected chi connectivity index (χ1v) is 6.33. The minimum atomic E-state index is 0.178. The molecule has 0 aromatic heterocycles. The molecule has 0 saturated heterocycles. The van der Waals surface area contributed by atoms with Crippen LogP contribution in [0.5, 0.6) is 0 Å². The molecule has 0 spiro atoms. The molecule has 1 fully saturated rings. The van der Waals surface area contributed by atoms with Crippen molar-refractivity contribution in [2.45, 2.75) is 40.0 Å². The number of amides is 1. The Bertz CT molecular complexity index is 250. The lowest BCUT2D eigenvalue weighted by atomic mass is 9.81. The van der Waals surface area contributed by atoms with Gasteiger partial charge < -0.3 is 10.6 Å². The Morgan fingerprint density at radius 2 is 2.19 bits per heavy atom. The van der Waals surface area contributed by atoms with Crippen molar-refractivity contribution in [3.05, 3.63) is 0 Å². The van der Waals surface area contributed by atoms with Gasteiger partial charge in [0.2, 0.25) is 5.91 Å². The third-order valence-corrected chi connectivity index (χ3v) is 3.92. The maximum atomic E-state index is 12.3. The van der Waals surface area contributed by atoms with Gasteiger partial charge in [0.15, 0.2) is 0 Å². The Morgan fingerprint density at radius 1 is 1.56 bits per heavy atom. The molecule has 0 bridgehead atoms. The quantitative estimate of drug-likeness (QED) is 0.795. The van der Waals surface area contributed by atoms with Gasteiger partial charge >= 0.3 is 0 Å². The van der Waals surface area contributed by atoms with Gasteiger partial charge in [0.05, 0.1) is 0 Å². The summed E-state index contributed by atoms with van der Waals surface area (Å²) < 4.78 is 0. The molecule has 3 nitrogen and oxygen atoms in total. The van der Waals surface area contributed by atoms with E-state index in [2.05, 4.69) is 20.8 Å². The molecule has 94 valence electrons. The van der Waals surface area contributed by atoms with Crippen LogP contribution in [0.1, 0.15) is 40.0 Å². The minimum absolute atomic E-state index is 0.178. The van der Waals surface area contributed by atoms with Crippen LogP contribution in [0.3, 0.4) is 0 Å². The van der Waals surface area contributed by atoms with Gasteiger partial charge in [-0.3, -0.25) is 4.79 Å². The largest absolute Gasteiger partial charge is 0.345 e. The van der Waals surface area contributed by atoms with Gasteiger partial charge in [-0.05, 0) is 30.7 Å². The Hall–Kier alpha value is -0.570. The summed E-state index contributed by atoms with van der Waals surface area (Å²) in [7, 11) is 1.91. The highest BCUT2D eigenvalue weighted by molar-refractivity contribution is 5.79. The fourth-order valence-corrected chi connectivity index (χ4v) is 2.68. The molecule has 2 N–H and O–H groups in total. The van der Waals surface area contributed by atoms with Gasteiger partial charge in [-0.15, -0.1) is 0 Å². The van der Waals surface area contributed by atoms with Crippen LogP contribution in [0.15, 0.2) is 0 Å². The first-order valence-electron chi connectivity index (χ1n) is 6.33. The summed E-state index contributed by atoms with van der Waals surface area (Å²) >= 11 is 0. The lowest BCUT2D eigenvalue weighted by Crippen LogP contribution is -2.40. The molecule has 0 aliphatic heterocycles. The molecule has 1 aliphatic rings. The molecule has 0 radical (unpaired) electrons. The molecule has 1 rings (SSSR count). The molecule has 16 heavy (non-hydrogen) atoms. The summed E-state index contributed by atoms with van der Waals surface area (Å²) in [5.41, 5.74) is 5.77. The summed E-state index contributed by atoms with van der Waals surface area (Å²) in [5, 5.41) is 0. The third-order valence-electron chi connectivity index (χ3n) is 3.92. The van der Waals surface area contributed by atoms with Crippen LogP contribution in [0, 0.1) is 17.3 Å². The van der Waals surface area contributed by atoms with E-state index in [9.17, 15) is 4.79 Å². The van der Waals surface area contributed by atoms with Gasteiger partial charge in [0, 0.05) is 19.5 Å². The molecule has 0 aromatic rings. The molecular weight excluding hydrogens is 200 g/mol. The Balaban J connectivity index is 2.57. The second-order valence-electron chi connectivity index (χ2n) is 5.99. The van der Waals surface area contributed by atoms with Crippen molar-refractivity contribution in [2.24, 2.45) is 23.0 Å². The van der Waals surface area contributed by atoms with E-state index in [4.69, 9.17) is 5.73 Å². The summed E-state index contributed by atoms with van der Waals surface area (Å²) in [5.74, 6) is 0.906. The second-order valence-corrected chi connectivity index (χ2v) is 5.99. The fourth-order valence-electron chi connectivity index (χ4n) is 2.68. The number of carbonyl (C=O) groups excluding carboxylic acids is 1. The van der Waals surface area contributed by atoms with Crippen molar-refractivity contribution in [3.63, 3.8) is 0 Å². The molecule has 1 amide bonds. The summed E-state index contributed by atoms with van der Waals surface area (Å²) in [6.07, 6.45) is 3.40. The lowest BCUT2D eigenvalue weighted by molar-refractivity contribution is -0.137. The SMILES string of the molecule is CC(CN)CN(C)C(=O)C1CCCC1(C)C. The predicted octanol–water partition coefficient (Wildman–Crippen LogP) is 1.87. The summed E-state index contributed by atoms with van der Waals surface area (Å²) in [4.78, 5) is 14.2. The molecular formula is C13H26N2O.